The first-order chi connectivity index (χ1) is 69.4. The van der Waals surface area contributed by atoms with Crippen LogP contribution in [0.3, 0.4) is 0 Å². The van der Waals surface area contributed by atoms with Gasteiger partial charge in [-0.3, -0.25) is 4.79 Å². The third kappa shape index (κ3) is 27.6. The summed E-state index contributed by atoms with van der Waals surface area (Å²) in [4.78, 5) is 33.6. The quantitative estimate of drug-likeness (QED) is 0.0211. The number of esters is 1. The molecule has 8 fully saturated rings. The van der Waals surface area contributed by atoms with Gasteiger partial charge in [-0.05, 0) is 238 Å². The Kier molecular flexibility index (Phi) is 37.3. The number of nitrogens with zero attached hydrogens (tertiary/aromatic N) is 2. The fourth-order valence-electron chi connectivity index (χ4n) is 18.5. The van der Waals surface area contributed by atoms with E-state index >= 15 is 0 Å². The minimum atomic E-state index is -7.62. The predicted octanol–water partition coefficient (Wildman–Crippen LogP) is 27.4. The average Bonchev–Trinajstić information content (AvgIpc) is 0.859. The molecule has 0 radical (unpaired) electrons. The molecule has 814 valence electrons. The van der Waals surface area contributed by atoms with Gasteiger partial charge in [0.2, 0.25) is 0 Å². The molecule has 0 spiro atoms. The number of hydrogen-bond acceptors (Lipinski definition) is 16. The maximum Gasteiger partial charge on any atom is 0.480 e. The van der Waals surface area contributed by atoms with Crippen molar-refractivity contribution >= 4 is 127 Å². The van der Waals surface area contributed by atoms with E-state index in [9.17, 15) is 162 Å². The van der Waals surface area contributed by atoms with Crippen LogP contribution in [0.5, 0.6) is 11.5 Å². The Balaban J connectivity index is 0.000000162. The fraction of sp³-hybridized carbons (Fsp3) is 0.434. The van der Waals surface area contributed by atoms with Crippen LogP contribution in [0.15, 0.2) is 265 Å². The summed E-state index contributed by atoms with van der Waals surface area (Å²) in [6.45, 7) is 0.848. The Labute approximate surface area is 851 Å². The first kappa shape index (κ1) is 118. The Bertz CT molecular complexity index is 6710. The molecule has 7 saturated carbocycles. The zero-order valence-corrected chi connectivity index (χ0v) is 84.6. The average molecular weight is 2280 g/mol. The van der Waals surface area contributed by atoms with Crippen molar-refractivity contribution in [3.8, 4) is 11.5 Å². The molecule has 18 nitrogen and oxygen atoms in total. The van der Waals surface area contributed by atoms with Crippen LogP contribution in [0.4, 0.5) is 105 Å². The zero-order chi connectivity index (χ0) is 109. The van der Waals surface area contributed by atoms with Gasteiger partial charge < -0.3 is 27.0 Å². The van der Waals surface area contributed by atoms with Crippen LogP contribution in [-0.4, -0.2) is 145 Å². The van der Waals surface area contributed by atoms with Crippen LogP contribution in [0.1, 0.15) is 147 Å². The highest BCUT2D eigenvalue weighted by Gasteiger charge is 2.84. The molecule has 4 bridgehead atoms. The molecule has 7 aliphatic carbocycles. The lowest BCUT2D eigenvalue weighted by molar-refractivity contribution is -0.382. The number of ether oxygens (including phenoxy) is 3. The molecule has 10 aromatic rings. The number of carbonyl (C=O) groups is 2. The highest BCUT2D eigenvalue weighted by Crippen LogP contribution is 2.59. The van der Waals surface area contributed by atoms with Gasteiger partial charge in [-0.15, -0.1) is 0 Å². The van der Waals surface area contributed by atoms with Gasteiger partial charge in [0.25, 0.3) is 0 Å². The van der Waals surface area contributed by atoms with Crippen molar-refractivity contribution in [2.45, 2.75) is 251 Å². The van der Waals surface area contributed by atoms with Gasteiger partial charge in [-0.25, -0.2) is 46.9 Å². The molecular weight excluding hydrogens is 2190 g/mol. The molecule has 1 aliphatic heterocycles. The highest BCUT2D eigenvalue weighted by molar-refractivity contribution is 8.13. The third-order valence-corrected chi connectivity index (χ3v) is 40.0. The Morgan fingerprint density at radius 1 is 0.396 bits per heavy atom. The fourth-order valence-corrected chi connectivity index (χ4v) is 29.9. The minimum Gasteiger partial charge on any atom is -0.743 e. The van der Waals surface area contributed by atoms with Crippen molar-refractivity contribution in [3.05, 3.63) is 244 Å². The maximum absolute atomic E-state index is 14.0. The molecule has 10 aromatic carbocycles. The Hall–Kier alpha value is -9.28. The van der Waals surface area contributed by atoms with Gasteiger partial charge in [0.15, 0.2) is 84.5 Å². The molecular formula is C99H96F24N2O16S8. The molecule has 149 heavy (non-hydrogen) atoms. The largest absolute Gasteiger partial charge is 0.743 e. The molecule has 0 amide bonds. The minimum absolute atomic E-state index is 0.0896. The monoisotopic (exact) mass is 2280 g/mol. The smallest absolute Gasteiger partial charge is 0.480 e. The molecule has 2 atom stereocenters. The van der Waals surface area contributed by atoms with E-state index in [1.165, 1.54) is 193 Å². The summed E-state index contributed by atoms with van der Waals surface area (Å²) in [5, 5.41) is -19.1. The summed E-state index contributed by atoms with van der Waals surface area (Å²) in [5.74, 6) is -12.2. The van der Waals surface area contributed by atoms with Crippen LogP contribution < -0.4 is 9.47 Å². The maximum atomic E-state index is 14.0. The van der Waals surface area contributed by atoms with E-state index in [0.29, 0.717) is 39.9 Å². The molecule has 8 aliphatic rings. The van der Waals surface area contributed by atoms with E-state index in [2.05, 4.69) is 231 Å². The summed E-state index contributed by atoms with van der Waals surface area (Å²) in [5.41, 5.74) is -6.21. The lowest BCUT2D eigenvalue weighted by atomic mass is 9.53. The van der Waals surface area contributed by atoms with Gasteiger partial charge in [0.05, 0.1) is 34.5 Å². The third-order valence-electron chi connectivity index (χ3n) is 25.8. The van der Waals surface area contributed by atoms with E-state index in [1.807, 2.05) is 0 Å². The van der Waals surface area contributed by atoms with Crippen molar-refractivity contribution in [2.24, 2.45) is 29.6 Å². The summed E-state index contributed by atoms with van der Waals surface area (Å²) in [6, 6.07) is 84.6. The number of halogens is 24. The van der Waals surface area contributed by atoms with Crippen molar-refractivity contribution in [3.63, 3.8) is 0 Å². The van der Waals surface area contributed by atoms with Crippen LogP contribution >= 0.6 is 0 Å². The number of rotatable bonds is 26. The number of alkyl halides is 24. The van der Waals surface area contributed by atoms with Gasteiger partial charge in [-0.2, -0.15) is 105 Å². The second kappa shape index (κ2) is 47.0. The van der Waals surface area contributed by atoms with E-state index < -0.39 is 131 Å². The number of ketones is 1. The number of sulfonamides is 4. The predicted molar refractivity (Wildman–Crippen MR) is 510 cm³/mol. The molecule has 0 N–H and O–H groups in total. The van der Waals surface area contributed by atoms with Gasteiger partial charge in [0, 0.05) is 45.6 Å². The van der Waals surface area contributed by atoms with E-state index in [0.717, 1.165) is 24.0 Å². The van der Waals surface area contributed by atoms with E-state index in [1.54, 1.807) is 10.5 Å². The van der Waals surface area contributed by atoms with Crippen molar-refractivity contribution in [1.29, 1.82) is 0 Å². The Morgan fingerprint density at radius 3 is 1.26 bits per heavy atom. The molecule has 0 aromatic heterocycles. The zero-order valence-electron chi connectivity index (χ0n) is 78.1. The number of carbonyl (C=O) groups excluding carboxylic acids is 2. The van der Waals surface area contributed by atoms with Crippen molar-refractivity contribution in [2.75, 3.05) is 18.1 Å². The first-order valence-electron chi connectivity index (χ1n) is 46.3. The number of benzene rings is 10. The summed E-state index contributed by atoms with van der Waals surface area (Å²) in [7, 11) is -36.0. The summed E-state index contributed by atoms with van der Waals surface area (Å²) in [6.07, 6.45) is 4.61. The van der Waals surface area contributed by atoms with Gasteiger partial charge >= 0.3 is 62.9 Å². The standard InChI is InChI=1S/C33H31OS.C28H27OS.C17H25S.C13H13F5NO7S2.C4F10NO4S2.C4HF9O3S/c1-2-8-25(9-3-1)24-34-30-16-20-31(21-17-30)35(32-18-14-26-10-4-6-12-28(26)22-32)33-19-15-27-11-5-7-13-29(27)23-33;1-4-12-22(13-5-1)29-27-20-21-28(26-19-11-10-18-25(26)27)30(23-14-6-2-7-15-23)24-16-8-3-9-17-24;1-2-6-15(7-3-1)14-16-8-10-17(11-9-16)18-12-4-5-13-18;14-12(15,27(22,23)19-28(24,25)13(16,17)18)10(21)26-11-3-6-1-7(4-11)9(20)8(2-6)5-11;5-1(6,7)3(11,12)20(16,17)15-21(18,19)4(13,14)2(8,9)10;5-1(6,3(9,10)11)2(7,8)4(12,13)17(14,15)16/h4-7,10-23,25H,1-3,8-9,24H2;2-3,6-11,14-22H,1,4-5,12-13H2;8-11,15H,1-7,12-14H2;6-8H,1-5H2;;(H,14,15,16)/q3*+1;2*-1;/p-1. The second-order valence-corrected chi connectivity index (χ2v) is 51.2. The van der Waals surface area contributed by atoms with Crippen LogP contribution in [0.2, 0.25) is 0 Å². The van der Waals surface area contributed by atoms with Gasteiger partial charge in [-0.1, -0.05) is 173 Å². The van der Waals surface area contributed by atoms with Crippen molar-refractivity contribution < 1.29 is 176 Å². The van der Waals surface area contributed by atoms with Crippen LogP contribution in [0, 0.1) is 29.6 Å². The molecule has 2 unspecified atom stereocenters. The molecule has 1 saturated heterocycles. The van der Waals surface area contributed by atoms with Gasteiger partial charge in [0.1, 0.15) is 34.4 Å². The second-order valence-electron chi connectivity index (χ2n) is 36.5. The molecule has 18 rings (SSSR count). The SMILES string of the molecule is O=C1C2CC3CC1CC(OC(=O)C(F)(F)S(=O)(=O)[N-]S(=O)(=O)C(F)(F)F)(C3)C2.O=S(=O)([N-]S(=O)(=O)C(F)(F)C(F)(F)F)C(F)(F)C(F)(F)F.O=S(=O)([O-])C(F)(F)C(F)(F)C(F)(F)C(F)(F)F.c1cc([S+]2CCCC2)ccc1CC1CCCCC1.c1ccc([S+](c2ccccc2)c2ccc(OC3CCCCC3)c3ccccc23)cc1.c1ccc2cc([S+](c3ccc(OCC4CCCCC4)cc3)c3ccc4ccccc4c3)ccc2c1. The lowest BCUT2D eigenvalue weighted by Crippen LogP contribution is -2.63. The number of Topliss-reactive ketones (excluding diaryl/α,β-unsaturated/α-hetero) is 1. The lowest BCUT2D eigenvalue weighted by Gasteiger charge is -2.54. The molecule has 50 heteroatoms. The number of fused-ring (bicyclic) bond motifs is 3. The van der Waals surface area contributed by atoms with E-state index in [4.69, 9.17) is 14.2 Å². The summed E-state index contributed by atoms with van der Waals surface area (Å²) < 4.78 is 424. The summed E-state index contributed by atoms with van der Waals surface area (Å²) >= 11 is 0. The Morgan fingerprint density at radius 2 is 0.812 bits per heavy atom. The molecule has 1 heterocycles. The normalized spacial score (nSPS) is 19.5. The first-order valence-corrected chi connectivity index (χ1v) is 57.5. The van der Waals surface area contributed by atoms with Crippen LogP contribution in [-0.2, 0) is 104 Å². The topological polar surface area (TPSA) is 284 Å². The van der Waals surface area contributed by atoms with Crippen molar-refractivity contribution in [1.82, 2.24) is 0 Å². The van der Waals surface area contributed by atoms with E-state index in [-0.39, 0.29) is 52.8 Å². The number of hydrogen-bond donors (Lipinski definition) is 0. The van der Waals surface area contributed by atoms with Crippen LogP contribution in [0.25, 0.3) is 40.6 Å². The highest BCUT2D eigenvalue weighted by atomic mass is 32.3.